The summed E-state index contributed by atoms with van der Waals surface area (Å²) in [4.78, 5) is 7.65. The van der Waals surface area contributed by atoms with Crippen LogP contribution < -0.4 is 4.90 Å². The summed E-state index contributed by atoms with van der Waals surface area (Å²) in [6.07, 6.45) is 0. The van der Waals surface area contributed by atoms with Gasteiger partial charge < -0.3 is 4.84 Å². The van der Waals surface area contributed by atoms with Gasteiger partial charge in [0.05, 0.1) is 5.69 Å². The Morgan fingerprint density at radius 2 is 1.52 bits per heavy atom. The van der Waals surface area contributed by atoms with Gasteiger partial charge in [0.15, 0.2) is 12.6 Å². The molecule has 0 saturated heterocycles. The molecule has 3 nitrogen and oxygen atoms in total. The third-order valence-electron chi connectivity index (χ3n) is 6.00. The van der Waals surface area contributed by atoms with Gasteiger partial charge in [0.1, 0.15) is 0 Å². The maximum Gasteiger partial charge on any atom is 0.195 e. The van der Waals surface area contributed by atoms with E-state index in [2.05, 4.69) is 98.4 Å². The maximum atomic E-state index is 5.49. The molecule has 0 aliphatic carbocycles. The highest BCUT2D eigenvalue weighted by Crippen LogP contribution is 2.43. The fraction of sp³-hybridized carbons (Fsp3) is 0.269. The van der Waals surface area contributed by atoms with E-state index < -0.39 is 0 Å². The van der Waals surface area contributed by atoms with Gasteiger partial charge in [-0.05, 0) is 51.8 Å². The van der Waals surface area contributed by atoms with Gasteiger partial charge in [-0.15, -0.1) is 0 Å². The molecule has 0 atom stereocenters. The Morgan fingerprint density at radius 3 is 2.24 bits per heavy atom. The number of oxime groups is 1. The second-order valence-corrected chi connectivity index (χ2v) is 8.50. The van der Waals surface area contributed by atoms with Gasteiger partial charge in [-0.1, -0.05) is 81.4 Å². The fourth-order valence-corrected chi connectivity index (χ4v) is 4.58. The van der Waals surface area contributed by atoms with Gasteiger partial charge in [-0.3, -0.25) is 4.90 Å². The molecule has 0 radical (unpaired) electrons. The summed E-state index contributed by atoms with van der Waals surface area (Å²) in [5.74, 6) is 1.84. The molecule has 0 unspecified atom stereocenters. The van der Waals surface area contributed by atoms with Crippen molar-refractivity contribution in [2.24, 2.45) is 5.16 Å². The Hall–Kier alpha value is -3.07. The molecular formula is C26H26N2O. The minimum absolute atomic E-state index is 0.462. The van der Waals surface area contributed by atoms with Crippen LogP contribution in [0.1, 0.15) is 56.2 Å². The summed E-state index contributed by atoms with van der Waals surface area (Å²) < 4.78 is 0. The first-order valence-electron chi connectivity index (χ1n) is 10.4. The second-order valence-electron chi connectivity index (χ2n) is 8.50. The van der Waals surface area contributed by atoms with Crippen LogP contribution in [0.4, 0.5) is 5.69 Å². The monoisotopic (exact) mass is 382 g/mol. The van der Waals surface area contributed by atoms with E-state index in [1.807, 2.05) is 0 Å². The summed E-state index contributed by atoms with van der Waals surface area (Å²) in [5, 5.41) is 4.39. The number of hydrogen-bond donors (Lipinski definition) is 0. The molecule has 0 fully saturated rings. The quantitative estimate of drug-likeness (QED) is 0.501. The van der Waals surface area contributed by atoms with Gasteiger partial charge in [0, 0.05) is 11.1 Å². The van der Waals surface area contributed by atoms with E-state index >= 15 is 0 Å². The molecule has 0 aromatic heterocycles. The van der Waals surface area contributed by atoms with E-state index in [-0.39, 0.29) is 0 Å². The Balaban J connectivity index is 1.76. The van der Waals surface area contributed by atoms with E-state index in [0.29, 0.717) is 18.6 Å². The van der Waals surface area contributed by atoms with Crippen molar-refractivity contribution in [2.45, 2.75) is 39.5 Å². The smallest absolute Gasteiger partial charge is 0.195 e. The average Bonchev–Trinajstić information content (AvgIpc) is 3.23. The van der Waals surface area contributed by atoms with Crippen LogP contribution in [-0.4, -0.2) is 12.6 Å². The first-order chi connectivity index (χ1) is 14.1. The highest BCUT2D eigenvalue weighted by Gasteiger charge is 2.32. The van der Waals surface area contributed by atoms with Gasteiger partial charge in [-0.25, -0.2) is 0 Å². The lowest BCUT2D eigenvalue weighted by atomic mass is 9.83. The normalized spacial score (nSPS) is 14.4. The molecule has 29 heavy (non-hydrogen) atoms. The summed E-state index contributed by atoms with van der Waals surface area (Å²) in [6.45, 7) is 9.56. The highest BCUT2D eigenvalue weighted by atomic mass is 16.7. The zero-order valence-corrected chi connectivity index (χ0v) is 17.4. The zero-order chi connectivity index (χ0) is 20.1. The molecular weight excluding hydrogens is 356 g/mol. The van der Waals surface area contributed by atoms with Gasteiger partial charge >= 0.3 is 0 Å². The lowest BCUT2D eigenvalue weighted by Crippen LogP contribution is -2.31. The van der Waals surface area contributed by atoms with Crippen molar-refractivity contribution in [3.63, 3.8) is 0 Å². The molecule has 0 amide bonds. The Labute approximate surface area is 172 Å². The van der Waals surface area contributed by atoms with Crippen LogP contribution in [0.15, 0.2) is 65.8 Å². The Morgan fingerprint density at radius 1 is 0.793 bits per heavy atom. The third kappa shape index (κ3) is 2.76. The lowest BCUT2D eigenvalue weighted by molar-refractivity contribution is 0.174. The van der Waals surface area contributed by atoms with Crippen molar-refractivity contribution in [3.05, 3.63) is 77.4 Å². The topological polar surface area (TPSA) is 24.8 Å². The molecule has 0 spiro atoms. The zero-order valence-electron chi connectivity index (χ0n) is 17.4. The third-order valence-corrected chi connectivity index (χ3v) is 6.00. The van der Waals surface area contributed by atoms with E-state index in [4.69, 9.17) is 4.84 Å². The molecule has 3 aromatic carbocycles. The van der Waals surface area contributed by atoms with Crippen LogP contribution in [0.25, 0.3) is 22.3 Å². The van der Waals surface area contributed by atoms with Crippen LogP contribution in [0.3, 0.4) is 0 Å². The predicted molar refractivity (Wildman–Crippen MR) is 120 cm³/mol. The Kier molecular flexibility index (Phi) is 4.20. The van der Waals surface area contributed by atoms with Crippen LogP contribution in [-0.2, 0) is 4.84 Å². The van der Waals surface area contributed by atoms with Crippen molar-refractivity contribution in [1.29, 1.82) is 0 Å². The van der Waals surface area contributed by atoms with Gasteiger partial charge in [-0.2, -0.15) is 0 Å². The summed E-state index contributed by atoms with van der Waals surface area (Å²) in [7, 11) is 0. The van der Waals surface area contributed by atoms with Crippen molar-refractivity contribution < 1.29 is 4.84 Å². The summed E-state index contributed by atoms with van der Waals surface area (Å²) in [6, 6.07) is 22.1. The molecule has 0 N–H and O–H groups in total. The summed E-state index contributed by atoms with van der Waals surface area (Å²) in [5.41, 5.74) is 10.2. The lowest BCUT2D eigenvalue weighted by Gasteiger charge is -2.29. The van der Waals surface area contributed by atoms with Gasteiger partial charge in [0.2, 0.25) is 0 Å². The number of nitrogens with zero attached hydrogens (tertiary/aromatic N) is 2. The van der Waals surface area contributed by atoms with Crippen LogP contribution in [0.5, 0.6) is 0 Å². The molecule has 2 aliphatic rings. The maximum absolute atomic E-state index is 5.49. The fourth-order valence-electron chi connectivity index (χ4n) is 4.58. The number of para-hydroxylation sites is 1. The molecule has 3 heteroatoms. The van der Waals surface area contributed by atoms with Crippen molar-refractivity contribution in [3.8, 4) is 22.3 Å². The minimum Gasteiger partial charge on any atom is -0.371 e. The SMILES string of the molecule is CC(C)c1cccc(C(C)C)c1-c1ccc2c(c1)C1=NOCN1c1ccccc1-2. The van der Waals surface area contributed by atoms with Crippen molar-refractivity contribution >= 4 is 11.5 Å². The van der Waals surface area contributed by atoms with Crippen LogP contribution >= 0.6 is 0 Å². The first-order valence-corrected chi connectivity index (χ1v) is 10.4. The Bertz CT molecular complexity index is 1100. The van der Waals surface area contributed by atoms with Crippen molar-refractivity contribution in [1.82, 2.24) is 0 Å². The molecule has 146 valence electrons. The number of anilines is 1. The minimum atomic E-state index is 0.462. The number of fused-ring (bicyclic) bond motifs is 6. The molecule has 2 heterocycles. The second kappa shape index (κ2) is 6.77. The van der Waals surface area contributed by atoms with Crippen molar-refractivity contribution in [2.75, 3.05) is 11.6 Å². The molecule has 3 aromatic rings. The van der Waals surface area contributed by atoms with Crippen LogP contribution in [0, 0.1) is 0 Å². The number of benzene rings is 3. The van der Waals surface area contributed by atoms with E-state index in [9.17, 15) is 0 Å². The molecule has 2 aliphatic heterocycles. The molecule has 0 saturated carbocycles. The van der Waals surface area contributed by atoms with Gasteiger partial charge in [0.25, 0.3) is 0 Å². The molecule has 0 bridgehead atoms. The largest absolute Gasteiger partial charge is 0.371 e. The van der Waals surface area contributed by atoms with E-state index in [1.54, 1.807) is 0 Å². The summed E-state index contributed by atoms with van der Waals surface area (Å²) >= 11 is 0. The molecule has 5 rings (SSSR count). The first kappa shape index (κ1) is 18.0. The number of amidine groups is 1. The van der Waals surface area contributed by atoms with E-state index in [0.717, 1.165) is 17.1 Å². The predicted octanol–water partition coefficient (Wildman–Crippen LogP) is 6.74. The number of hydrogen-bond acceptors (Lipinski definition) is 3. The standard InChI is InChI=1S/C26H26N2O/c1-16(2)19-9-7-10-20(17(3)4)25(19)18-12-13-21-22-8-5-6-11-24(22)28-15-29-27-26(28)23(21)14-18/h5-14,16-17H,15H2,1-4H3. The number of rotatable bonds is 3. The van der Waals surface area contributed by atoms with E-state index in [1.165, 1.54) is 33.4 Å². The van der Waals surface area contributed by atoms with Crippen LogP contribution in [0.2, 0.25) is 0 Å². The average molecular weight is 383 g/mol. The highest BCUT2D eigenvalue weighted by molar-refractivity contribution is 6.19.